The quantitative estimate of drug-likeness (QED) is 0.629. The van der Waals surface area contributed by atoms with Crippen LogP contribution in [-0.2, 0) is 4.79 Å². The molecule has 0 saturated heterocycles. The summed E-state index contributed by atoms with van der Waals surface area (Å²) < 4.78 is 0. The van der Waals surface area contributed by atoms with Crippen molar-refractivity contribution in [2.45, 2.75) is 41.0 Å². The average molecular weight is 191 g/mol. The van der Waals surface area contributed by atoms with Gasteiger partial charge in [0, 0.05) is 11.8 Å². The number of hydrogen-bond donors (Lipinski definition) is 0. The first-order valence-corrected chi connectivity index (χ1v) is 4.63. The van der Waals surface area contributed by atoms with Crippen molar-refractivity contribution in [2.24, 2.45) is 10.8 Å². The first-order valence-electron chi connectivity index (χ1n) is 4.63. The summed E-state index contributed by atoms with van der Waals surface area (Å²) in [5.41, 5.74) is -1.02. The highest BCUT2D eigenvalue weighted by Crippen LogP contribution is 2.21. The van der Waals surface area contributed by atoms with E-state index in [-0.39, 0.29) is 11.2 Å². The molecule has 2 heteroatoms. The van der Waals surface area contributed by atoms with Crippen LogP contribution >= 0.6 is 0 Å². The lowest BCUT2D eigenvalue weighted by Crippen LogP contribution is -2.22. The van der Waals surface area contributed by atoms with E-state index < -0.39 is 5.41 Å². The van der Waals surface area contributed by atoms with Gasteiger partial charge >= 0.3 is 0 Å². The van der Waals surface area contributed by atoms with Crippen LogP contribution in [0, 0.1) is 34.0 Å². The van der Waals surface area contributed by atoms with E-state index in [0.717, 1.165) is 0 Å². The van der Waals surface area contributed by atoms with Crippen molar-refractivity contribution >= 4 is 5.78 Å². The molecule has 0 aliphatic heterocycles. The van der Waals surface area contributed by atoms with Gasteiger partial charge in [-0.25, -0.2) is 0 Å². The highest BCUT2D eigenvalue weighted by molar-refractivity contribution is 5.85. The van der Waals surface area contributed by atoms with E-state index in [4.69, 9.17) is 5.26 Å². The van der Waals surface area contributed by atoms with Crippen molar-refractivity contribution in [1.29, 1.82) is 5.26 Å². The Bertz CT molecular complexity index is 319. The van der Waals surface area contributed by atoms with Gasteiger partial charge < -0.3 is 0 Å². The van der Waals surface area contributed by atoms with Gasteiger partial charge in [-0.1, -0.05) is 5.92 Å². The molecular weight excluding hydrogens is 174 g/mol. The normalized spacial score (nSPS) is 14.6. The lowest BCUT2D eigenvalue weighted by molar-refractivity contribution is -0.122. The third kappa shape index (κ3) is 4.10. The van der Waals surface area contributed by atoms with Gasteiger partial charge in [-0.2, -0.15) is 5.26 Å². The lowest BCUT2D eigenvalue weighted by atomic mass is 9.84. The third-order valence-corrected chi connectivity index (χ3v) is 1.93. The van der Waals surface area contributed by atoms with Gasteiger partial charge in [-0.3, -0.25) is 4.79 Å². The fraction of sp³-hybridized carbons (Fsp3) is 0.667. The van der Waals surface area contributed by atoms with Gasteiger partial charge in [0.05, 0.1) is 6.07 Å². The molecule has 0 saturated carbocycles. The number of ketones is 1. The molecule has 0 aliphatic carbocycles. The number of carbonyl (C=O) groups is 1. The van der Waals surface area contributed by atoms with Crippen LogP contribution in [0.25, 0.3) is 0 Å². The second kappa shape index (κ2) is 4.29. The standard InChI is InChI=1S/C12H17NO/c1-10(14)12(5,9-13)8-6-7-11(2,3)4/h8H2,1-5H3. The highest BCUT2D eigenvalue weighted by atomic mass is 16.1. The summed E-state index contributed by atoms with van der Waals surface area (Å²) in [6, 6.07) is 2.01. The van der Waals surface area contributed by atoms with Crippen molar-refractivity contribution in [1.82, 2.24) is 0 Å². The first kappa shape index (κ1) is 12.7. The minimum absolute atomic E-state index is 0.0762. The summed E-state index contributed by atoms with van der Waals surface area (Å²) in [5.74, 6) is 5.80. The molecular formula is C12H17NO. The molecule has 0 radical (unpaired) electrons. The van der Waals surface area contributed by atoms with Crippen molar-refractivity contribution in [3.63, 3.8) is 0 Å². The molecule has 0 spiro atoms. The number of Topliss-reactive ketones (excluding diaryl/α,β-unsaturated/α-hetero) is 1. The second-order valence-electron chi connectivity index (χ2n) is 4.73. The van der Waals surface area contributed by atoms with Crippen LogP contribution in [0.1, 0.15) is 41.0 Å². The molecule has 0 aliphatic rings. The van der Waals surface area contributed by atoms with Crippen LogP contribution in [-0.4, -0.2) is 5.78 Å². The molecule has 0 heterocycles. The maximum absolute atomic E-state index is 11.2. The van der Waals surface area contributed by atoms with E-state index in [2.05, 4.69) is 11.8 Å². The van der Waals surface area contributed by atoms with Crippen molar-refractivity contribution in [3.8, 4) is 17.9 Å². The maximum atomic E-state index is 11.2. The summed E-state index contributed by atoms with van der Waals surface area (Å²) in [4.78, 5) is 11.2. The van der Waals surface area contributed by atoms with E-state index in [1.54, 1.807) is 6.92 Å². The SMILES string of the molecule is CC(=O)C(C)(C#N)CC#CC(C)(C)C. The number of rotatable bonds is 2. The molecule has 14 heavy (non-hydrogen) atoms. The van der Waals surface area contributed by atoms with Crippen LogP contribution in [0.4, 0.5) is 0 Å². The van der Waals surface area contributed by atoms with Gasteiger partial charge in [0.15, 0.2) is 5.78 Å². The van der Waals surface area contributed by atoms with Gasteiger partial charge in [0.1, 0.15) is 5.41 Å². The zero-order valence-electron chi connectivity index (χ0n) is 9.56. The van der Waals surface area contributed by atoms with Gasteiger partial charge in [0.2, 0.25) is 0 Å². The van der Waals surface area contributed by atoms with Gasteiger partial charge in [-0.15, -0.1) is 5.92 Å². The molecule has 0 bridgehead atoms. The molecule has 0 aromatic rings. The molecule has 2 nitrogen and oxygen atoms in total. The Morgan fingerprint density at radius 2 is 1.79 bits per heavy atom. The number of carbonyl (C=O) groups excluding carboxylic acids is 1. The average Bonchev–Trinajstić information content (AvgIpc) is 2.01. The minimum atomic E-state index is -0.946. The van der Waals surface area contributed by atoms with E-state index >= 15 is 0 Å². The molecule has 0 aromatic carbocycles. The van der Waals surface area contributed by atoms with Crippen LogP contribution < -0.4 is 0 Å². The maximum Gasteiger partial charge on any atom is 0.150 e. The predicted octanol–water partition coefficient (Wildman–Crippen LogP) is 2.54. The van der Waals surface area contributed by atoms with E-state index in [9.17, 15) is 4.79 Å². The zero-order chi connectivity index (χ0) is 11.4. The van der Waals surface area contributed by atoms with E-state index in [1.165, 1.54) is 6.92 Å². The van der Waals surface area contributed by atoms with Crippen LogP contribution in [0.3, 0.4) is 0 Å². The Morgan fingerprint density at radius 1 is 1.29 bits per heavy atom. The largest absolute Gasteiger partial charge is 0.298 e. The Labute approximate surface area is 86.3 Å². The third-order valence-electron chi connectivity index (χ3n) is 1.93. The molecule has 0 N–H and O–H groups in total. The number of hydrogen-bond acceptors (Lipinski definition) is 2. The second-order valence-corrected chi connectivity index (χ2v) is 4.73. The highest BCUT2D eigenvalue weighted by Gasteiger charge is 2.28. The molecule has 0 fully saturated rings. The summed E-state index contributed by atoms with van der Waals surface area (Å²) in [6.45, 7) is 9.06. The zero-order valence-corrected chi connectivity index (χ0v) is 9.56. The predicted molar refractivity (Wildman–Crippen MR) is 56.2 cm³/mol. The van der Waals surface area contributed by atoms with E-state index in [0.29, 0.717) is 6.42 Å². The monoisotopic (exact) mass is 191 g/mol. The number of nitriles is 1. The fourth-order valence-corrected chi connectivity index (χ4v) is 0.729. The number of nitrogens with zero attached hydrogens (tertiary/aromatic N) is 1. The first-order chi connectivity index (χ1) is 6.21. The summed E-state index contributed by atoms with van der Waals surface area (Å²) in [5, 5.41) is 8.85. The van der Waals surface area contributed by atoms with Crippen LogP contribution in [0.2, 0.25) is 0 Å². The smallest absolute Gasteiger partial charge is 0.150 e. The Morgan fingerprint density at radius 3 is 2.07 bits per heavy atom. The Hall–Kier alpha value is -1.28. The fourth-order valence-electron chi connectivity index (χ4n) is 0.729. The summed E-state index contributed by atoms with van der Waals surface area (Å²) in [6.07, 6.45) is 0.316. The lowest BCUT2D eigenvalue weighted by Gasteiger charge is -2.14. The van der Waals surface area contributed by atoms with E-state index in [1.807, 2.05) is 26.8 Å². The van der Waals surface area contributed by atoms with Crippen molar-refractivity contribution < 1.29 is 4.79 Å². The van der Waals surface area contributed by atoms with Crippen LogP contribution in [0.5, 0.6) is 0 Å². The topological polar surface area (TPSA) is 40.9 Å². The summed E-state index contributed by atoms with van der Waals surface area (Å²) in [7, 11) is 0. The van der Waals surface area contributed by atoms with Gasteiger partial charge in [0.25, 0.3) is 0 Å². The molecule has 0 amide bonds. The Balaban J connectivity index is 4.59. The molecule has 0 rings (SSSR count). The molecule has 1 atom stereocenters. The van der Waals surface area contributed by atoms with Crippen molar-refractivity contribution in [3.05, 3.63) is 0 Å². The molecule has 0 aromatic heterocycles. The van der Waals surface area contributed by atoms with Crippen LogP contribution in [0.15, 0.2) is 0 Å². The van der Waals surface area contributed by atoms with Crippen molar-refractivity contribution in [2.75, 3.05) is 0 Å². The minimum Gasteiger partial charge on any atom is -0.298 e. The molecule has 76 valence electrons. The van der Waals surface area contributed by atoms with Gasteiger partial charge in [-0.05, 0) is 34.6 Å². The molecule has 1 unspecified atom stereocenters. The summed E-state index contributed by atoms with van der Waals surface area (Å²) >= 11 is 0. The Kier molecular flexibility index (Phi) is 3.90.